The van der Waals surface area contributed by atoms with Crippen LogP contribution in [-0.4, -0.2) is 42.8 Å². The molecule has 0 saturated heterocycles. The molecule has 3 N–H and O–H groups in total. The highest BCUT2D eigenvalue weighted by molar-refractivity contribution is 6.30. The predicted molar refractivity (Wildman–Crippen MR) is 75.1 cm³/mol. The van der Waals surface area contributed by atoms with Gasteiger partial charge in [-0.25, -0.2) is 0 Å². The molecule has 0 radical (unpaired) electrons. The van der Waals surface area contributed by atoms with Crippen molar-refractivity contribution >= 4 is 11.6 Å². The summed E-state index contributed by atoms with van der Waals surface area (Å²) in [5, 5.41) is 4.95. The summed E-state index contributed by atoms with van der Waals surface area (Å²) >= 11 is 6.20. The van der Waals surface area contributed by atoms with Gasteiger partial charge in [-0.2, -0.15) is 5.10 Å². The summed E-state index contributed by atoms with van der Waals surface area (Å²) in [5.74, 6) is 5.57. The number of nitrogens with zero attached hydrogens (tertiary/aromatic N) is 2. The molecule has 19 heavy (non-hydrogen) atoms. The average molecular weight is 291 g/mol. The highest BCUT2D eigenvalue weighted by Crippen LogP contribution is 2.20. The monoisotopic (exact) mass is 290 g/mol. The highest BCUT2D eigenvalue weighted by atomic mass is 35.5. The lowest BCUT2D eigenvalue weighted by Crippen LogP contribution is -2.37. The predicted octanol–water partition coefficient (Wildman–Crippen LogP) is 0.809. The zero-order chi connectivity index (χ0) is 14.3. The third kappa shape index (κ3) is 5.08. The number of hydrogen-bond donors (Lipinski definition) is 2. The van der Waals surface area contributed by atoms with Crippen molar-refractivity contribution in [3.8, 4) is 0 Å². The number of aryl methyl sites for hydroxylation is 2. The van der Waals surface area contributed by atoms with Crippen LogP contribution in [0.3, 0.4) is 0 Å². The third-order valence-electron chi connectivity index (χ3n) is 3.00. The number of methoxy groups -OCH3 is 1. The fraction of sp³-hybridized carbons (Fsp3) is 0.750. The molecule has 0 amide bonds. The Morgan fingerprint density at radius 1 is 1.42 bits per heavy atom. The molecule has 110 valence electrons. The number of hydrazine groups is 1. The summed E-state index contributed by atoms with van der Waals surface area (Å²) in [6.45, 7) is 3.79. The molecule has 0 aliphatic carbocycles. The summed E-state index contributed by atoms with van der Waals surface area (Å²) in [4.78, 5) is 0. The number of aromatic nitrogens is 2. The second kappa shape index (κ2) is 8.50. The minimum Gasteiger partial charge on any atom is -0.382 e. The Morgan fingerprint density at radius 3 is 2.68 bits per heavy atom. The van der Waals surface area contributed by atoms with Gasteiger partial charge >= 0.3 is 0 Å². The first-order valence-corrected chi connectivity index (χ1v) is 6.68. The van der Waals surface area contributed by atoms with E-state index < -0.39 is 0 Å². The lowest BCUT2D eigenvalue weighted by Gasteiger charge is -2.15. The van der Waals surface area contributed by atoms with Crippen LogP contribution in [0.2, 0.25) is 5.15 Å². The van der Waals surface area contributed by atoms with Crippen LogP contribution in [0.25, 0.3) is 0 Å². The lowest BCUT2D eigenvalue weighted by molar-refractivity contribution is 0.0658. The number of nitrogens with one attached hydrogen (secondary N) is 1. The molecule has 1 rings (SSSR count). The average Bonchev–Trinajstić information content (AvgIpc) is 2.63. The first-order valence-electron chi connectivity index (χ1n) is 6.31. The van der Waals surface area contributed by atoms with E-state index in [2.05, 4.69) is 10.5 Å². The normalized spacial score (nSPS) is 12.9. The fourth-order valence-corrected chi connectivity index (χ4v) is 2.12. The second-order valence-electron chi connectivity index (χ2n) is 4.44. The number of ether oxygens (including phenoxy) is 2. The van der Waals surface area contributed by atoms with Gasteiger partial charge in [-0.15, -0.1) is 0 Å². The van der Waals surface area contributed by atoms with Crippen LogP contribution in [0.4, 0.5) is 0 Å². The van der Waals surface area contributed by atoms with Crippen molar-refractivity contribution in [2.24, 2.45) is 12.9 Å². The maximum absolute atomic E-state index is 6.20. The topological polar surface area (TPSA) is 74.3 Å². The van der Waals surface area contributed by atoms with Gasteiger partial charge in [-0.1, -0.05) is 11.6 Å². The summed E-state index contributed by atoms with van der Waals surface area (Å²) < 4.78 is 12.0. The summed E-state index contributed by atoms with van der Waals surface area (Å²) in [7, 11) is 3.48. The van der Waals surface area contributed by atoms with Crippen molar-refractivity contribution in [3.63, 3.8) is 0 Å². The van der Waals surface area contributed by atoms with Gasteiger partial charge in [0.1, 0.15) is 5.15 Å². The van der Waals surface area contributed by atoms with Crippen molar-refractivity contribution in [3.05, 3.63) is 16.4 Å². The smallest absolute Gasteiger partial charge is 0.130 e. The maximum atomic E-state index is 6.20. The van der Waals surface area contributed by atoms with E-state index in [-0.39, 0.29) is 6.04 Å². The number of rotatable bonds is 9. The van der Waals surface area contributed by atoms with Gasteiger partial charge in [-0.05, 0) is 19.8 Å². The fourth-order valence-electron chi connectivity index (χ4n) is 1.87. The molecule has 1 aromatic rings. The first kappa shape index (κ1) is 16.4. The molecule has 0 aliphatic heterocycles. The maximum Gasteiger partial charge on any atom is 0.130 e. The van der Waals surface area contributed by atoms with E-state index in [4.69, 9.17) is 26.9 Å². The van der Waals surface area contributed by atoms with E-state index in [0.29, 0.717) is 25.0 Å². The van der Waals surface area contributed by atoms with E-state index in [0.717, 1.165) is 24.1 Å². The molecule has 1 unspecified atom stereocenters. The Bertz CT molecular complexity index is 384. The molecule has 0 bridgehead atoms. The highest BCUT2D eigenvalue weighted by Gasteiger charge is 2.16. The van der Waals surface area contributed by atoms with Crippen LogP contribution in [-0.2, 0) is 22.9 Å². The van der Waals surface area contributed by atoms with Gasteiger partial charge in [0.15, 0.2) is 0 Å². The molecule has 6 nitrogen and oxygen atoms in total. The molecule has 1 aromatic heterocycles. The quantitative estimate of drug-likeness (QED) is 0.400. The standard InChI is InChI=1S/C12H23ClN4O2/c1-9-11(12(13)17(2)16-9)8-10(15-14)4-5-19-7-6-18-3/h10,15H,4-8,14H2,1-3H3. The van der Waals surface area contributed by atoms with Crippen LogP contribution in [0.15, 0.2) is 0 Å². The van der Waals surface area contributed by atoms with Gasteiger partial charge < -0.3 is 9.47 Å². The molecule has 0 saturated carbocycles. The van der Waals surface area contributed by atoms with E-state index in [1.54, 1.807) is 11.8 Å². The van der Waals surface area contributed by atoms with E-state index in [9.17, 15) is 0 Å². The third-order valence-corrected chi connectivity index (χ3v) is 3.47. The van der Waals surface area contributed by atoms with Crippen LogP contribution in [0.1, 0.15) is 17.7 Å². The molecule has 7 heteroatoms. The summed E-state index contributed by atoms with van der Waals surface area (Å²) in [6.07, 6.45) is 1.55. The molecule has 1 heterocycles. The number of halogens is 1. The van der Waals surface area contributed by atoms with E-state index in [1.807, 2.05) is 14.0 Å². The van der Waals surface area contributed by atoms with Crippen LogP contribution in [0, 0.1) is 6.92 Å². The Labute approximate surface area is 119 Å². The van der Waals surface area contributed by atoms with Crippen molar-refractivity contribution in [2.75, 3.05) is 26.9 Å². The Kier molecular flexibility index (Phi) is 7.33. The van der Waals surface area contributed by atoms with E-state index >= 15 is 0 Å². The van der Waals surface area contributed by atoms with Gasteiger partial charge in [0.2, 0.25) is 0 Å². The minimum atomic E-state index is 0.114. The van der Waals surface area contributed by atoms with Crippen LogP contribution >= 0.6 is 11.6 Å². The largest absolute Gasteiger partial charge is 0.382 e. The zero-order valence-electron chi connectivity index (χ0n) is 11.8. The second-order valence-corrected chi connectivity index (χ2v) is 4.80. The number of hydrogen-bond acceptors (Lipinski definition) is 5. The first-order chi connectivity index (χ1) is 9.10. The molecule has 0 fully saturated rings. The van der Waals surface area contributed by atoms with E-state index in [1.165, 1.54) is 0 Å². The van der Waals surface area contributed by atoms with Crippen molar-refractivity contribution in [2.45, 2.75) is 25.8 Å². The zero-order valence-corrected chi connectivity index (χ0v) is 12.5. The van der Waals surface area contributed by atoms with Crippen LogP contribution < -0.4 is 11.3 Å². The number of nitrogens with two attached hydrogens (primary N) is 1. The SMILES string of the molecule is COCCOCCC(Cc1c(C)nn(C)c1Cl)NN. The molecule has 0 aromatic carbocycles. The van der Waals surface area contributed by atoms with Gasteiger partial charge in [-0.3, -0.25) is 16.0 Å². The minimum absolute atomic E-state index is 0.114. The van der Waals surface area contributed by atoms with Crippen molar-refractivity contribution in [1.82, 2.24) is 15.2 Å². The van der Waals surface area contributed by atoms with Gasteiger partial charge in [0.25, 0.3) is 0 Å². The summed E-state index contributed by atoms with van der Waals surface area (Å²) in [5.41, 5.74) is 4.77. The molecular formula is C12H23ClN4O2. The van der Waals surface area contributed by atoms with Crippen LogP contribution in [0.5, 0.6) is 0 Å². The van der Waals surface area contributed by atoms with Crippen molar-refractivity contribution < 1.29 is 9.47 Å². The van der Waals surface area contributed by atoms with Gasteiger partial charge in [0.05, 0.1) is 18.9 Å². The Morgan fingerprint density at radius 2 is 2.16 bits per heavy atom. The molecular weight excluding hydrogens is 268 g/mol. The molecule has 1 atom stereocenters. The molecule has 0 spiro atoms. The van der Waals surface area contributed by atoms with Crippen molar-refractivity contribution in [1.29, 1.82) is 0 Å². The molecule has 0 aliphatic rings. The Hall–Kier alpha value is -0.660. The summed E-state index contributed by atoms with van der Waals surface area (Å²) in [6, 6.07) is 0.114. The lowest BCUT2D eigenvalue weighted by atomic mass is 10.1. The Balaban J connectivity index is 2.43. The van der Waals surface area contributed by atoms with Gasteiger partial charge in [0, 0.05) is 32.4 Å².